The number of aromatic amines is 1. The van der Waals surface area contributed by atoms with Crippen molar-refractivity contribution in [2.75, 3.05) is 7.05 Å². The summed E-state index contributed by atoms with van der Waals surface area (Å²) in [6.07, 6.45) is 3.72. The van der Waals surface area contributed by atoms with Gasteiger partial charge < -0.3 is 9.88 Å². The average molecular weight is 212 g/mol. The Balaban J connectivity index is 2.30. The fourth-order valence-corrected chi connectivity index (χ4v) is 2.44. The third kappa shape index (κ3) is 1.50. The van der Waals surface area contributed by atoms with E-state index in [9.17, 15) is 0 Å². The molecule has 0 spiro atoms. The lowest BCUT2D eigenvalue weighted by molar-refractivity contribution is 0.491. The van der Waals surface area contributed by atoms with Crippen LogP contribution in [0.4, 0.5) is 0 Å². The molecule has 0 saturated heterocycles. The number of nitrogens with zero attached hydrogens (tertiary/aromatic N) is 2. The standard InChI is InChI=1S/C9H16N4S/c1-10-7-5-3-4-6(7)8-11-12-9(14)13(8)2/h6-7,10H,3-5H2,1-2H3,(H,12,14). The Morgan fingerprint density at radius 1 is 1.57 bits per heavy atom. The van der Waals surface area contributed by atoms with E-state index in [1.165, 1.54) is 19.3 Å². The molecule has 0 aromatic carbocycles. The first-order chi connectivity index (χ1) is 6.74. The first-order valence-corrected chi connectivity index (χ1v) is 5.43. The van der Waals surface area contributed by atoms with Crippen molar-refractivity contribution in [1.29, 1.82) is 0 Å². The van der Waals surface area contributed by atoms with Crippen molar-refractivity contribution in [3.8, 4) is 0 Å². The second-order valence-electron chi connectivity index (χ2n) is 3.88. The van der Waals surface area contributed by atoms with Crippen LogP contribution >= 0.6 is 12.2 Å². The summed E-state index contributed by atoms with van der Waals surface area (Å²) in [5, 5.41) is 10.5. The van der Waals surface area contributed by atoms with E-state index in [4.69, 9.17) is 12.2 Å². The van der Waals surface area contributed by atoms with E-state index in [2.05, 4.69) is 15.5 Å². The summed E-state index contributed by atoms with van der Waals surface area (Å²) in [5.74, 6) is 1.60. The normalized spacial score (nSPS) is 27.0. The Hall–Kier alpha value is -0.680. The highest BCUT2D eigenvalue weighted by Gasteiger charge is 2.30. The van der Waals surface area contributed by atoms with Gasteiger partial charge in [0.05, 0.1) is 0 Å². The third-order valence-electron chi connectivity index (χ3n) is 3.13. The zero-order valence-electron chi connectivity index (χ0n) is 8.58. The number of hydrogen-bond acceptors (Lipinski definition) is 3. The summed E-state index contributed by atoms with van der Waals surface area (Å²) in [6, 6.07) is 0.555. The molecule has 78 valence electrons. The lowest BCUT2D eigenvalue weighted by Gasteiger charge is -2.17. The van der Waals surface area contributed by atoms with Crippen LogP contribution in [0.5, 0.6) is 0 Å². The van der Waals surface area contributed by atoms with Crippen LogP contribution in [-0.2, 0) is 7.05 Å². The third-order valence-corrected chi connectivity index (χ3v) is 3.50. The van der Waals surface area contributed by atoms with Crippen LogP contribution in [0.1, 0.15) is 31.0 Å². The second kappa shape index (κ2) is 3.82. The quantitative estimate of drug-likeness (QED) is 0.727. The van der Waals surface area contributed by atoms with E-state index in [1.807, 2.05) is 18.7 Å². The fraction of sp³-hybridized carbons (Fsp3) is 0.778. The van der Waals surface area contributed by atoms with Crippen LogP contribution in [0.25, 0.3) is 0 Å². The second-order valence-corrected chi connectivity index (χ2v) is 4.27. The molecule has 0 amide bonds. The van der Waals surface area contributed by atoms with E-state index >= 15 is 0 Å². The molecule has 1 fully saturated rings. The molecule has 2 unspecified atom stereocenters. The van der Waals surface area contributed by atoms with Crippen LogP contribution in [0.2, 0.25) is 0 Å². The molecule has 1 aromatic heterocycles. The van der Waals surface area contributed by atoms with Crippen molar-refractivity contribution in [2.24, 2.45) is 7.05 Å². The van der Waals surface area contributed by atoms with Crippen molar-refractivity contribution in [3.63, 3.8) is 0 Å². The monoisotopic (exact) mass is 212 g/mol. The molecule has 2 atom stereocenters. The number of hydrogen-bond donors (Lipinski definition) is 2. The smallest absolute Gasteiger partial charge is 0.194 e. The number of nitrogens with one attached hydrogen (secondary N) is 2. The molecule has 1 heterocycles. The molecule has 2 rings (SSSR count). The summed E-state index contributed by atoms with van der Waals surface area (Å²) >= 11 is 5.11. The topological polar surface area (TPSA) is 45.6 Å². The molecule has 0 bridgehead atoms. The molecular formula is C9H16N4S. The van der Waals surface area contributed by atoms with Crippen LogP contribution in [0, 0.1) is 4.77 Å². The number of likely N-dealkylation sites (N-methyl/N-ethyl adjacent to an activating group) is 1. The highest BCUT2D eigenvalue weighted by molar-refractivity contribution is 7.71. The lowest BCUT2D eigenvalue weighted by atomic mass is 10.0. The number of rotatable bonds is 2. The summed E-state index contributed by atoms with van der Waals surface area (Å²) < 4.78 is 2.69. The molecule has 14 heavy (non-hydrogen) atoms. The van der Waals surface area contributed by atoms with E-state index in [0.717, 1.165) is 5.82 Å². The SMILES string of the molecule is CNC1CCCC1c1n[nH]c(=S)n1C. The Labute approximate surface area is 88.7 Å². The van der Waals surface area contributed by atoms with E-state index in [-0.39, 0.29) is 0 Å². The molecule has 1 saturated carbocycles. The summed E-state index contributed by atoms with van der Waals surface area (Å²) in [7, 11) is 4.00. The van der Waals surface area contributed by atoms with Gasteiger partial charge in [-0.05, 0) is 32.1 Å². The zero-order chi connectivity index (χ0) is 10.1. The van der Waals surface area contributed by atoms with Gasteiger partial charge in [0.15, 0.2) is 4.77 Å². The maximum Gasteiger partial charge on any atom is 0.194 e. The van der Waals surface area contributed by atoms with Crippen molar-refractivity contribution in [2.45, 2.75) is 31.2 Å². The van der Waals surface area contributed by atoms with Gasteiger partial charge in [-0.25, -0.2) is 0 Å². The molecule has 4 nitrogen and oxygen atoms in total. The van der Waals surface area contributed by atoms with Gasteiger partial charge in [0.25, 0.3) is 0 Å². The van der Waals surface area contributed by atoms with Gasteiger partial charge in [-0.3, -0.25) is 5.10 Å². The van der Waals surface area contributed by atoms with Crippen molar-refractivity contribution < 1.29 is 0 Å². The maximum absolute atomic E-state index is 5.11. The molecule has 1 aliphatic rings. The van der Waals surface area contributed by atoms with Crippen LogP contribution in [-0.4, -0.2) is 27.9 Å². The predicted molar refractivity (Wildman–Crippen MR) is 57.8 cm³/mol. The summed E-state index contributed by atoms with van der Waals surface area (Å²) in [6.45, 7) is 0. The number of H-pyrrole nitrogens is 1. The molecule has 0 radical (unpaired) electrons. The highest BCUT2D eigenvalue weighted by atomic mass is 32.1. The Morgan fingerprint density at radius 2 is 2.36 bits per heavy atom. The minimum atomic E-state index is 0.512. The minimum absolute atomic E-state index is 0.512. The fourth-order valence-electron chi connectivity index (χ4n) is 2.31. The predicted octanol–water partition coefficient (Wildman–Crippen LogP) is 1.33. The van der Waals surface area contributed by atoms with Gasteiger partial charge in [0.1, 0.15) is 5.82 Å². The van der Waals surface area contributed by atoms with E-state index in [1.54, 1.807) is 0 Å². The molecule has 0 aliphatic heterocycles. The van der Waals surface area contributed by atoms with E-state index < -0.39 is 0 Å². The van der Waals surface area contributed by atoms with Crippen molar-refractivity contribution in [3.05, 3.63) is 10.6 Å². The van der Waals surface area contributed by atoms with Gasteiger partial charge in [-0.15, -0.1) is 0 Å². The first-order valence-electron chi connectivity index (χ1n) is 5.02. The van der Waals surface area contributed by atoms with Gasteiger partial charge in [-0.1, -0.05) is 6.42 Å². The maximum atomic E-state index is 5.11. The first kappa shape index (κ1) is 9.86. The van der Waals surface area contributed by atoms with Crippen molar-refractivity contribution in [1.82, 2.24) is 20.1 Å². The molecule has 5 heteroatoms. The number of aromatic nitrogens is 3. The molecule has 2 N–H and O–H groups in total. The Kier molecular flexibility index (Phi) is 2.69. The Bertz CT molecular complexity index is 367. The van der Waals surface area contributed by atoms with E-state index in [0.29, 0.717) is 16.7 Å². The molecule has 1 aromatic rings. The molecular weight excluding hydrogens is 196 g/mol. The van der Waals surface area contributed by atoms with Crippen molar-refractivity contribution >= 4 is 12.2 Å². The summed E-state index contributed by atoms with van der Waals surface area (Å²) in [5.41, 5.74) is 0. The zero-order valence-corrected chi connectivity index (χ0v) is 9.40. The molecule has 1 aliphatic carbocycles. The lowest BCUT2D eigenvalue weighted by Crippen LogP contribution is -2.29. The largest absolute Gasteiger partial charge is 0.316 e. The van der Waals surface area contributed by atoms with Crippen LogP contribution in [0.15, 0.2) is 0 Å². The Morgan fingerprint density at radius 3 is 2.93 bits per heavy atom. The van der Waals surface area contributed by atoms with Gasteiger partial charge >= 0.3 is 0 Å². The van der Waals surface area contributed by atoms with Crippen LogP contribution in [0.3, 0.4) is 0 Å². The van der Waals surface area contributed by atoms with Crippen LogP contribution < -0.4 is 5.32 Å². The van der Waals surface area contributed by atoms with Gasteiger partial charge in [0, 0.05) is 19.0 Å². The van der Waals surface area contributed by atoms with Gasteiger partial charge in [-0.2, -0.15) is 5.10 Å². The summed E-state index contributed by atoms with van der Waals surface area (Å²) in [4.78, 5) is 0. The van der Waals surface area contributed by atoms with Gasteiger partial charge in [0.2, 0.25) is 0 Å². The highest BCUT2D eigenvalue weighted by Crippen LogP contribution is 2.32. The minimum Gasteiger partial charge on any atom is -0.316 e. The average Bonchev–Trinajstić information content (AvgIpc) is 2.75.